The second kappa shape index (κ2) is 8.02. The van der Waals surface area contributed by atoms with E-state index in [4.69, 9.17) is 0 Å². The second-order valence-electron chi connectivity index (χ2n) is 7.55. The molecule has 1 heterocycles. The first-order valence-corrected chi connectivity index (χ1v) is 9.48. The SMILES string of the molecule is Cc1ccc(NC(=O)NCC2CCN(C3CCCC3)CC2)cc1C. The lowest BCUT2D eigenvalue weighted by atomic mass is 9.95. The van der Waals surface area contributed by atoms with Crippen LogP contribution in [0.3, 0.4) is 0 Å². The molecule has 1 aromatic carbocycles. The lowest BCUT2D eigenvalue weighted by Gasteiger charge is -2.36. The summed E-state index contributed by atoms with van der Waals surface area (Å²) in [6, 6.07) is 6.78. The van der Waals surface area contributed by atoms with Crippen LogP contribution in [0.25, 0.3) is 0 Å². The van der Waals surface area contributed by atoms with Crippen LogP contribution in [0.15, 0.2) is 18.2 Å². The standard InChI is InChI=1S/C20H31N3O/c1-15-7-8-18(13-16(15)2)22-20(24)21-14-17-9-11-23(12-10-17)19-5-3-4-6-19/h7-8,13,17,19H,3-6,9-12,14H2,1-2H3,(H2,21,22,24). The number of carbonyl (C=O) groups excluding carboxylic acids is 1. The predicted molar refractivity (Wildman–Crippen MR) is 99.5 cm³/mol. The van der Waals surface area contributed by atoms with Crippen molar-refractivity contribution >= 4 is 11.7 Å². The summed E-state index contributed by atoms with van der Waals surface area (Å²) in [7, 11) is 0. The van der Waals surface area contributed by atoms with E-state index in [-0.39, 0.29) is 6.03 Å². The normalized spacial score (nSPS) is 20.2. The first kappa shape index (κ1) is 17.3. The molecule has 1 saturated carbocycles. The maximum atomic E-state index is 12.1. The third-order valence-electron chi connectivity index (χ3n) is 5.81. The number of rotatable bonds is 4. The lowest BCUT2D eigenvalue weighted by Crippen LogP contribution is -2.43. The molecule has 1 aromatic rings. The van der Waals surface area contributed by atoms with Gasteiger partial charge in [0.1, 0.15) is 0 Å². The largest absolute Gasteiger partial charge is 0.338 e. The summed E-state index contributed by atoms with van der Waals surface area (Å²) in [5.41, 5.74) is 3.31. The highest BCUT2D eigenvalue weighted by Crippen LogP contribution is 2.27. The van der Waals surface area contributed by atoms with E-state index in [9.17, 15) is 4.79 Å². The van der Waals surface area contributed by atoms with Gasteiger partial charge in [-0.3, -0.25) is 0 Å². The predicted octanol–water partition coefficient (Wildman–Crippen LogP) is 4.08. The van der Waals surface area contributed by atoms with Crippen molar-refractivity contribution in [2.75, 3.05) is 25.0 Å². The highest BCUT2D eigenvalue weighted by atomic mass is 16.2. The van der Waals surface area contributed by atoms with Gasteiger partial charge in [0, 0.05) is 18.3 Å². The molecular formula is C20H31N3O. The van der Waals surface area contributed by atoms with Gasteiger partial charge in [-0.15, -0.1) is 0 Å². The zero-order chi connectivity index (χ0) is 16.9. The molecule has 4 heteroatoms. The molecule has 0 atom stereocenters. The van der Waals surface area contributed by atoms with E-state index in [2.05, 4.69) is 29.4 Å². The van der Waals surface area contributed by atoms with Crippen LogP contribution >= 0.6 is 0 Å². The van der Waals surface area contributed by atoms with Gasteiger partial charge in [-0.2, -0.15) is 0 Å². The summed E-state index contributed by atoms with van der Waals surface area (Å²) in [5, 5.41) is 5.99. The quantitative estimate of drug-likeness (QED) is 0.874. The van der Waals surface area contributed by atoms with Crippen LogP contribution in [0, 0.1) is 19.8 Å². The fraction of sp³-hybridized carbons (Fsp3) is 0.650. The third kappa shape index (κ3) is 4.50. The van der Waals surface area contributed by atoms with Gasteiger partial charge in [-0.1, -0.05) is 18.9 Å². The number of hydrogen-bond donors (Lipinski definition) is 2. The van der Waals surface area contributed by atoms with E-state index >= 15 is 0 Å². The van der Waals surface area contributed by atoms with Crippen LogP contribution in [0.5, 0.6) is 0 Å². The van der Waals surface area contributed by atoms with Gasteiger partial charge in [0.25, 0.3) is 0 Å². The zero-order valence-electron chi connectivity index (χ0n) is 15.1. The minimum absolute atomic E-state index is 0.0866. The van der Waals surface area contributed by atoms with Gasteiger partial charge in [0.05, 0.1) is 0 Å². The highest BCUT2D eigenvalue weighted by Gasteiger charge is 2.27. The summed E-state index contributed by atoms with van der Waals surface area (Å²) in [6.07, 6.45) is 8.01. The van der Waals surface area contributed by atoms with E-state index < -0.39 is 0 Å². The molecule has 1 aliphatic carbocycles. The number of hydrogen-bond acceptors (Lipinski definition) is 2. The number of aryl methyl sites for hydroxylation is 2. The first-order chi connectivity index (χ1) is 11.6. The highest BCUT2D eigenvalue weighted by molar-refractivity contribution is 5.89. The molecule has 132 valence electrons. The Kier molecular flexibility index (Phi) is 5.77. The molecule has 4 nitrogen and oxygen atoms in total. The molecule has 1 aliphatic heterocycles. The topological polar surface area (TPSA) is 44.4 Å². The Morgan fingerprint density at radius 1 is 1.08 bits per heavy atom. The number of piperidine rings is 1. The number of carbonyl (C=O) groups is 1. The minimum Gasteiger partial charge on any atom is -0.338 e. The molecule has 24 heavy (non-hydrogen) atoms. The Labute approximate surface area is 146 Å². The summed E-state index contributed by atoms with van der Waals surface area (Å²) in [5.74, 6) is 0.619. The van der Waals surface area contributed by atoms with Crippen LogP contribution in [-0.2, 0) is 0 Å². The number of nitrogens with one attached hydrogen (secondary N) is 2. The van der Waals surface area contributed by atoms with Crippen molar-refractivity contribution in [3.63, 3.8) is 0 Å². The Morgan fingerprint density at radius 2 is 1.79 bits per heavy atom. The molecule has 1 saturated heterocycles. The number of urea groups is 1. The fourth-order valence-corrected chi connectivity index (χ4v) is 4.02. The summed E-state index contributed by atoms with van der Waals surface area (Å²) < 4.78 is 0. The molecule has 0 radical (unpaired) electrons. The van der Waals surface area contributed by atoms with E-state index in [0.29, 0.717) is 5.92 Å². The molecule has 2 aliphatic rings. The minimum atomic E-state index is -0.0866. The van der Waals surface area contributed by atoms with E-state index in [0.717, 1.165) is 18.3 Å². The average Bonchev–Trinajstić information content (AvgIpc) is 3.11. The smallest absolute Gasteiger partial charge is 0.319 e. The van der Waals surface area contributed by atoms with E-state index in [1.54, 1.807) is 0 Å². The van der Waals surface area contributed by atoms with Crippen LogP contribution in [0.4, 0.5) is 10.5 Å². The van der Waals surface area contributed by atoms with Gasteiger partial charge in [0.15, 0.2) is 0 Å². The molecule has 0 aromatic heterocycles. The average molecular weight is 329 g/mol. The van der Waals surface area contributed by atoms with Gasteiger partial charge < -0.3 is 15.5 Å². The van der Waals surface area contributed by atoms with Gasteiger partial charge in [-0.25, -0.2) is 4.79 Å². The van der Waals surface area contributed by atoms with Crippen molar-refractivity contribution in [1.82, 2.24) is 10.2 Å². The summed E-state index contributed by atoms with van der Waals surface area (Å²) >= 11 is 0. The zero-order valence-corrected chi connectivity index (χ0v) is 15.1. The number of likely N-dealkylation sites (tertiary alicyclic amines) is 1. The van der Waals surface area contributed by atoms with Crippen molar-refractivity contribution in [2.24, 2.45) is 5.92 Å². The van der Waals surface area contributed by atoms with Crippen LogP contribution < -0.4 is 10.6 Å². The maximum absolute atomic E-state index is 12.1. The molecule has 2 amide bonds. The van der Waals surface area contributed by atoms with Crippen molar-refractivity contribution in [2.45, 2.75) is 58.4 Å². The van der Waals surface area contributed by atoms with Crippen molar-refractivity contribution < 1.29 is 4.79 Å². The molecule has 0 unspecified atom stereocenters. The van der Waals surface area contributed by atoms with Crippen LogP contribution in [-0.4, -0.2) is 36.6 Å². The maximum Gasteiger partial charge on any atom is 0.319 e. The number of nitrogens with zero attached hydrogens (tertiary/aromatic N) is 1. The Bertz CT molecular complexity index is 558. The molecule has 2 fully saturated rings. The Balaban J connectivity index is 1.38. The third-order valence-corrected chi connectivity index (χ3v) is 5.81. The molecule has 0 spiro atoms. The van der Waals surface area contributed by atoms with Crippen molar-refractivity contribution in [3.05, 3.63) is 29.3 Å². The van der Waals surface area contributed by atoms with Gasteiger partial charge in [-0.05, 0) is 81.8 Å². The molecule has 0 bridgehead atoms. The number of amides is 2. The van der Waals surface area contributed by atoms with E-state index in [1.165, 1.54) is 62.7 Å². The van der Waals surface area contributed by atoms with Crippen molar-refractivity contribution in [3.8, 4) is 0 Å². The van der Waals surface area contributed by atoms with E-state index in [1.807, 2.05) is 18.2 Å². The van der Waals surface area contributed by atoms with Crippen molar-refractivity contribution in [1.29, 1.82) is 0 Å². The Morgan fingerprint density at radius 3 is 2.46 bits per heavy atom. The second-order valence-corrected chi connectivity index (χ2v) is 7.55. The van der Waals surface area contributed by atoms with Crippen LogP contribution in [0.2, 0.25) is 0 Å². The fourth-order valence-electron chi connectivity index (χ4n) is 4.02. The number of anilines is 1. The summed E-state index contributed by atoms with van der Waals surface area (Å²) in [6.45, 7) is 7.34. The molecular weight excluding hydrogens is 298 g/mol. The van der Waals surface area contributed by atoms with Gasteiger partial charge >= 0.3 is 6.03 Å². The number of benzene rings is 1. The monoisotopic (exact) mass is 329 g/mol. The molecule has 2 N–H and O–H groups in total. The Hall–Kier alpha value is -1.55. The van der Waals surface area contributed by atoms with Gasteiger partial charge in [0.2, 0.25) is 0 Å². The lowest BCUT2D eigenvalue weighted by molar-refractivity contribution is 0.134. The molecule has 3 rings (SSSR count). The first-order valence-electron chi connectivity index (χ1n) is 9.48. The summed E-state index contributed by atoms with van der Waals surface area (Å²) in [4.78, 5) is 14.8. The van der Waals surface area contributed by atoms with Crippen LogP contribution in [0.1, 0.15) is 49.7 Å².